The summed E-state index contributed by atoms with van der Waals surface area (Å²) in [5.74, 6) is 1.68. The zero-order chi connectivity index (χ0) is 18.1. The number of aromatic amines is 1. The minimum absolute atomic E-state index is 0.217. The van der Waals surface area contributed by atoms with E-state index >= 15 is 0 Å². The Morgan fingerprint density at radius 1 is 1.27 bits per heavy atom. The number of para-hydroxylation sites is 1. The van der Waals surface area contributed by atoms with E-state index < -0.39 is 0 Å². The third-order valence-electron chi connectivity index (χ3n) is 3.96. The molecule has 7 nitrogen and oxygen atoms in total. The van der Waals surface area contributed by atoms with E-state index in [2.05, 4.69) is 10.1 Å². The Morgan fingerprint density at radius 2 is 2.08 bits per heavy atom. The fourth-order valence-electron chi connectivity index (χ4n) is 2.75. The highest BCUT2D eigenvalue weighted by Gasteiger charge is 2.18. The summed E-state index contributed by atoms with van der Waals surface area (Å²) in [6, 6.07) is 10.7. The van der Waals surface area contributed by atoms with Crippen molar-refractivity contribution in [3.63, 3.8) is 0 Å². The largest absolute Gasteiger partial charge is 0.493 e. The second-order valence-electron chi connectivity index (χ2n) is 5.58. The molecule has 2 heterocycles. The first-order valence-corrected chi connectivity index (χ1v) is 8.34. The molecule has 0 spiro atoms. The van der Waals surface area contributed by atoms with Crippen molar-refractivity contribution in [3.05, 3.63) is 57.1 Å². The van der Waals surface area contributed by atoms with E-state index in [1.807, 2.05) is 6.07 Å². The molecule has 1 N–H and O–H groups in total. The molecule has 3 aromatic rings. The third kappa shape index (κ3) is 2.84. The van der Waals surface area contributed by atoms with Crippen LogP contribution < -0.4 is 19.8 Å². The summed E-state index contributed by atoms with van der Waals surface area (Å²) in [5.41, 5.74) is 1.08. The maximum Gasteiger partial charge on any atom is 0.282 e. The van der Waals surface area contributed by atoms with Gasteiger partial charge in [-0.05, 0) is 36.5 Å². The van der Waals surface area contributed by atoms with Crippen LogP contribution in [0.15, 0.2) is 46.3 Å². The van der Waals surface area contributed by atoms with E-state index in [-0.39, 0.29) is 10.3 Å². The summed E-state index contributed by atoms with van der Waals surface area (Å²) in [6.07, 6.45) is 1.53. The van der Waals surface area contributed by atoms with Crippen LogP contribution in [0.3, 0.4) is 0 Å². The van der Waals surface area contributed by atoms with Gasteiger partial charge in [0.15, 0.2) is 11.5 Å². The summed E-state index contributed by atoms with van der Waals surface area (Å²) in [4.78, 5) is 15.6. The average molecular weight is 369 g/mol. The molecule has 1 aliphatic heterocycles. The first kappa shape index (κ1) is 16.3. The molecule has 0 amide bonds. The zero-order valence-corrected chi connectivity index (χ0v) is 14.7. The van der Waals surface area contributed by atoms with Gasteiger partial charge in [-0.25, -0.2) is 0 Å². The first-order valence-electron chi connectivity index (χ1n) is 7.93. The van der Waals surface area contributed by atoms with E-state index in [9.17, 15) is 4.79 Å². The smallest absolute Gasteiger partial charge is 0.282 e. The van der Waals surface area contributed by atoms with Gasteiger partial charge in [0, 0.05) is 5.56 Å². The molecule has 4 rings (SSSR count). The minimum Gasteiger partial charge on any atom is -0.493 e. The minimum atomic E-state index is -0.287. The number of nitrogens with one attached hydrogen (secondary N) is 1. The monoisotopic (exact) mass is 369 g/mol. The number of aromatic nitrogens is 2. The number of ether oxygens (including phenoxy) is 3. The van der Waals surface area contributed by atoms with Gasteiger partial charge in [-0.2, -0.15) is 9.78 Å². The topological polar surface area (TPSA) is 77.8 Å². The molecule has 0 bridgehead atoms. The molecule has 0 aliphatic carbocycles. The van der Waals surface area contributed by atoms with Crippen molar-refractivity contribution in [2.75, 3.05) is 20.3 Å². The summed E-state index contributed by atoms with van der Waals surface area (Å²) in [6.45, 7) is 0.935. The summed E-state index contributed by atoms with van der Waals surface area (Å²) in [5, 5.41) is 4.75. The van der Waals surface area contributed by atoms with Crippen molar-refractivity contribution in [3.8, 4) is 17.2 Å². The normalized spacial score (nSPS) is 13.3. The summed E-state index contributed by atoms with van der Waals surface area (Å²) >= 11 is 5.25. The Labute approximate surface area is 153 Å². The van der Waals surface area contributed by atoms with E-state index in [1.165, 1.54) is 6.21 Å². The van der Waals surface area contributed by atoms with E-state index in [4.69, 9.17) is 26.4 Å². The molecule has 26 heavy (non-hydrogen) atoms. The number of rotatable bonds is 3. The van der Waals surface area contributed by atoms with Crippen LogP contribution in [0.5, 0.6) is 17.2 Å². The molecule has 0 saturated carbocycles. The van der Waals surface area contributed by atoms with E-state index in [1.54, 1.807) is 37.4 Å². The highest BCUT2D eigenvalue weighted by molar-refractivity contribution is 7.71. The van der Waals surface area contributed by atoms with Crippen molar-refractivity contribution >= 4 is 29.3 Å². The third-order valence-corrected chi connectivity index (χ3v) is 4.23. The van der Waals surface area contributed by atoms with Crippen molar-refractivity contribution in [1.82, 2.24) is 9.66 Å². The van der Waals surface area contributed by atoms with Gasteiger partial charge in [0.25, 0.3) is 5.56 Å². The van der Waals surface area contributed by atoms with Crippen LogP contribution in [-0.2, 0) is 0 Å². The van der Waals surface area contributed by atoms with Gasteiger partial charge in [-0.3, -0.25) is 4.79 Å². The highest BCUT2D eigenvalue weighted by Crippen LogP contribution is 2.39. The quantitative estimate of drug-likeness (QED) is 0.567. The number of benzene rings is 2. The van der Waals surface area contributed by atoms with Crippen molar-refractivity contribution < 1.29 is 14.2 Å². The van der Waals surface area contributed by atoms with Crippen LogP contribution in [0.1, 0.15) is 5.56 Å². The summed E-state index contributed by atoms with van der Waals surface area (Å²) < 4.78 is 17.9. The second-order valence-corrected chi connectivity index (χ2v) is 5.97. The van der Waals surface area contributed by atoms with Crippen LogP contribution >= 0.6 is 12.2 Å². The molecule has 0 unspecified atom stereocenters. The Morgan fingerprint density at radius 3 is 2.92 bits per heavy atom. The number of hydrogen-bond acceptors (Lipinski definition) is 6. The lowest BCUT2D eigenvalue weighted by atomic mass is 10.2. The predicted molar refractivity (Wildman–Crippen MR) is 100 cm³/mol. The second kappa shape index (κ2) is 6.64. The van der Waals surface area contributed by atoms with Crippen LogP contribution in [0.2, 0.25) is 0 Å². The molecule has 0 atom stereocenters. The van der Waals surface area contributed by atoms with Crippen LogP contribution in [0.25, 0.3) is 10.9 Å². The Bertz CT molecular complexity index is 1120. The molecule has 0 fully saturated rings. The fourth-order valence-corrected chi connectivity index (χ4v) is 2.99. The molecule has 8 heteroatoms. The van der Waals surface area contributed by atoms with E-state index in [0.29, 0.717) is 46.9 Å². The van der Waals surface area contributed by atoms with Crippen LogP contribution in [-0.4, -0.2) is 36.2 Å². The number of hydrogen-bond donors (Lipinski definition) is 1. The molecular formula is C18H15N3O4S. The highest BCUT2D eigenvalue weighted by atomic mass is 32.1. The number of nitrogens with zero attached hydrogens (tertiary/aromatic N) is 2. The maximum atomic E-state index is 12.6. The van der Waals surface area contributed by atoms with E-state index in [0.717, 1.165) is 4.68 Å². The van der Waals surface area contributed by atoms with Gasteiger partial charge in [0.1, 0.15) is 13.2 Å². The SMILES string of the molecule is COc1cc(/C=N\n2c(=S)[nH]c3ccccc3c2=O)cc2c1OCCO2. The molecule has 0 saturated heterocycles. The van der Waals surface area contributed by atoms with Crippen LogP contribution in [0, 0.1) is 4.77 Å². The average Bonchev–Trinajstić information content (AvgIpc) is 2.67. The lowest BCUT2D eigenvalue weighted by Gasteiger charge is -2.20. The first-order chi connectivity index (χ1) is 12.7. The van der Waals surface area contributed by atoms with Gasteiger partial charge in [-0.1, -0.05) is 12.1 Å². The number of fused-ring (bicyclic) bond motifs is 2. The summed E-state index contributed by atoms with van der Waals surface area (Å²) in [7, 11) is 1.55. The Balaban J connectivity index is 1.79. The predicted octanol–water partition coefficient (Wildman–Crippen LogP) is 2.72. The van der Waals surface area contributed by atoms with Gasteiger partial charge in [0.05, 0.1) is 24.2 Å². The fraction of sp³-hybridized carbons (Fsp3) is 0.167. The lowest BCUT2D eigenvalue weighted by molar-refractivity contribution is 0.165. The van der Waals surface area contributed by atoms with Gasteiger partial charge in [-0.15, -0.1) is 0 Å². The van der Waals surface area contributed by atoms with Crippen molar-refractivity contribution in [1.29, 1.82) is 0 Å². The van der Waals surface area contributed by atoms with Crippen molar-refractivity contribution in [2.45, 2.75) is 0 Å². The molecule has 0 radical (unpaired) electrons. The van der Waals surface area contributed by atoms with Crippen molar-refractivity contribution in [2.24, 2.45) is 5.10 Å². The maximum absolute atomic E-state index is 12.6. The zero-order valence-electron chi connectivity index (χ0n) is 13.9. The number of methoxy groups -OCH3 is 1. The van der Waals surface area contributed by atoms with Gasteiger partial charge in [0.2, 0.25) is 10.5 Å². The van der Waals surface area contributed by atoms with Gasteiger partial charge < -0.3 is 19.2 Å². The lowest BCUT2D eigenvalue weighted by Crippen LogP contribution is -2.19. The Hall–Kier alpha value is -3.13. The standard InChI is InChI=1S/C18H15N3O4S/c1-23-14-8-11(9-15-16(14)25-7-6-24-15)10-19-21-17(22)12-4-2-3-5-13(12)20-18(21)26/h2-5,8-10H,6-7H2,1H3,(H,20,26)/b19-10-. The van der Waals surface area contributed by atoms with Crippen LogP contribution in [0.4, 0.5) is 0 Å². The molecule has 2 aromatic carbocycles. The molecule has 132 valence electrons. The number of H-pyrrole nitrogens is 1. The molecule has 1 aliphatic rings. The molecular weight excluding hydrogens is 354 g/mol. The molecule has 1 aromatic heterocycles. The van der Waals surface area contributed by atoms with Gasteiger partial charge >= 0.3 is 0 Å². The Kier molecular flexibility index (Phi) is 4.18.